The van der Waals surface area contributed by atoms with Crippen molar-refractivity contribution in [3.05, 3.63) is 29.2 Å². The molecular weight excluding hydrogens is 254 g/mol. The van der Waals surface area contributed by atoms with Crippen LogP contribution in [0, 0.1) is 6.92 Å². The molecule has 1 atom stereocenters. The summed E-state index contributed by atoms with van der Waals surface area (Å²) < 4.78 is 1.91. The number of aromatic nitrogens is 3. The third-order valence-electron chi connectivity index (χ3n) is 3.64. The van der Waals surface area contributed by atoms with Crippen molar-refractivity contribution in [2.24, 2.45) is 0 Å². The lowest BCUT2D eigenvalue weighted by Gasteiger charge is -2.17. The number of hydrogen-bond acceptors (Lipinski definition) is 4. The second kappa shape index (κ2) is 5.20. The van der Waals surface area contributed by atoms with Crippen LogP contribution < -0.4 is 10.6 Å². The van der Waals surface area contributed by atoms with Gasteiger partial charge in [0, 0.05) is 31.3 Å². The highest BCUT2D eigenvalue weighted by atomic mass is 16.1. The topological polar surface area (TPSA) is 71.3 Å². The first-order valence-corrected chi connectivity index (χ1v) is 6.97. The minimum atomic E-state index is -0.0351. The first-order valence-electron chi connectivity index (χ1n) is 6.97. The zero-order valence-electron chi connectivity index (χ0n) is 11.8. The summed E-state index contributed by atoms with van der Waals surface area (Å²) in [6.07, 6.45) is 4.10. The number of amides is 1. The van der Waals surface area contributed by atoms with Gasteiger partial charge in [-0.15, -0.1) is 0 Å². The van der Waals surface area contributed by atoms with Gasteiger partial charge in [0.05, 0.1) is 17.4 Å². The molecule has 20 heavy (non-hydrogen) atoms. The SMILES string of the molecule is CC(=O)NCc1cnc2cc(C)nn2c1[C@H]1CCCN1. The predicted molar refractivity (Wildman–Crippen MR) is 75.2 cm³/mol. The number of rotatable bonds is 3. The lowest BCUT2D eigenvalue weighted by atomic mass is 10.1. The van der Waals surface area contributed by atoms with Crippen LogP contribution in [0.15, 0.2) is 12.3 Å². The monoisotopic (exact) mass is 273 g/mol. The zero-order valence-corrected chi connectivity index (χ0v) is 11.8. The highest BCUT2D eigenvalue weighted by Crippen LogP contribution is 2.26. The number of nitrogens with zero attached hydrogens (tertiary/aromatic N) is 3. The largest absolute Gasteiger partial charge is 0.352 e. The van der Waals surface area contributed by atoms with Crippen molar-refractivity contribution in [3.8, 4) is 0 Å². The molecule has 2 aromatic heterocycles. The van der Waals surface area contributed by atoms with E-state index in [4.69, 9.17) is 0 Å². The standard InChI is InChI=1S/C14H19N5O/c1-9-6-13-17-8-11(7-16-10(2)20)14(19(13)18-9)12-4-3-5-15-12/h6,8,12,15H,3-5,7H2,1-2H3,(H,16,20)/t12-/m1/s1. The van der Waals surface area contributed by atoms with Crippen LogP contribution in [-0.4, -0.2) is 27.0 Å². The van der Waals surface area contributed by atoms with Gasteiger partial charge in [0.2, 0.25) is 5.91 Å². The van der Waals surface area contributed by atoms with E-state index in [0.29, 0.717) is 6.54 Å². The molecule has 0 unspecified atom stereocenters. The number of aryl methyl sites for hydroxylation is 1. The number of fused-ring (bicyclic) bond motifs is 1. The maximum absolute atomic E-state index is 11.1. The van der Waals surface area contributed by atoms with Crippen LogP contribution in [-0.2, 0) is 11.3 Å². The van der Waals surface area contributed by atoms with Crippen LogP contribution in [0.1, 0.15) is 42.8 Å². The highest BCUT2D eigenvalue weighted by molar-refractivity contribution is 5.72. The molecule has 6 heteroatoms. The average molecular weight is 273 g/mol. The molecule has 0 radical (unpaired) electrons. The fraction of sp³-hybridized carbons (Fsp3) is 0.500. The molecule has 3 rings (SSSR count). The summed E-state index contributed by atoms with van der Waals surface area (Å²) in [7, 11) is 0. The Balaban J connectivity index is 2.07. The Labute approximate surface area is 117 Å². The average Bonchev–Trinajstić information content (AvgIpc) is 3.03. The van der Waals surface area contributed by atoms with E-state index in [1.165, 1.54) is 6.92 Å². The van der Waals surface area contributed by atoms with Gasteiger partial charge < -0.3 is 10.6 Å². The molecule has 1 aliphatic rings. The number of hydrogen-bond donors (Lipinski definition) is 2. The number of carbonyl (C=O) groups excluding carboxylic acids is 1. The minimum Gasteiger partial charge on any atom is -0.352 e. The van der Waals surface area contributed by atoms with Crippen molar-refractivity contribution in [2.75, 3.05) is 6.54 Å². The molecule has 1 aliphatic heterocycles. The van der Waals surface area contributed by atoms with Crippen LogP contribution in [0.3, 0.4) is 0 Å². The molecule has 1 saturated heterocycles. The van der Waals surface area contributed by atoms with Crippen LogP contribution in [0.25, 0.3) is 5.65 Å². The van der Waals surface area contributed by atoms with Gasteiger partial charge in [-0.25, -0.2) is 9.50 Å². The van der Waals surface area contributed by atoms with Gasteiger partial charge in [0.1, 0.15) is 0 Å². The molecule has 0 spiro atoms. The fourth-order valence-corrected chi connectivity index (χ4v) is 2.75. The van der Waals surface area contributed by atoms with Gasteiger partial charge in [-0.3, -0.25) is 4.79 Å². The smallest absolute Gasteiger partial charge is 0.217 e. The maximum Gasteiger partial charge on any atom is 0.217 e. The summed E-state index contributed by atoms with van der Waals surface area (Å²) in [4.78, 5) is 15.6. The van der Waals surface area contributed by atoms with E-state index in [9.17, 15) is 4.79 Å². The van der Waals surface area contributed by atoms with Crippen molar-refractivity contribution in [1.29, 1.82) is 0 Å². The lowest BCUT2D eigenvalue weighted by Crippen LogP contribution is -2.24. The van der Waals surface area contributed by atoms with Gasteiger partial charge in [0.25, 0.3) is 0 Å². The molecule has 0 bridgehead atoms. The van der Waals surface area contributed by atoms with Gasteiger partial charge in [0.15, 0.2) is 5.65 Å². The first-order chi connectivity index (χ1) is 9.65. The molecular formula is C14H19N5O. The van der Waals surface area contributed by atoms with Crippen LogP contribution in [0.5, 0.6) is 0 Å². The predicted octanol–water partition coefficient (Wildman–Crippen LogP) is 1.10. The van der Waals surface area contributed by atoms with Crippen molar-refractivity contribution >= 4 is 11.6 Å². The first kappa shape index (κ1) is 13.1. The Bertz CT molecular complexity index is 642. The Kier molecular flexibility index (Phi) is 3.40. The highest BCUT2D eigenvalue weighted by Gasteiger charge is 2.23. The van der Waals surface area contributed by atoms with Gasteiger partial charge in [-0.1, -0.05) is 0 Å². The minimum absolute atomic E-state index is 0.0351. The summed E-state index contributed by atoms with van der Waals surface area (Å²) >= 11 is 0. The molecule has 2 N–H and O–H groups in total. The summed E-state index contributed by atoms with van der Waals surface area (Å²) in [5, 5.41) is 10.9. The van der Waals surface area contributed by atoms with Crippen molar-refractivity contribution < 1.29 is 4.79 Å². The molecule has 6 nitrogen and oxygen atoms in total. The van der Waals surface area contributed by atoms with Crippen LogP contribution in [0.4, 0.5) is 0 Å². The van der Waals surface area contributed by atoms with E-state index in [0.717, 1.165) is 42.0 Å². The van der Waals surface area contributed by atoms with E-state index >= 15 is 0 Å². The van der Waals surface area contributed by atoms with Crippen molar-refractivity contribution in [1.82, 2.24) is 25.2 Å². The van der Waals surface area contributed by atoms with E-state index in [1.807, 2.05) is 23.7 Å². The summed E-state index contributed by atoms with van der Waals surface area (Å²) in [6, 6.07) is 2.25. The molecule has 2 aromatic rings. The maximum atomic E-state index is 11.1. The third kappa shape index (κ3) is 2.38. The fourth-order valence-electron chi connectivity index (χ4n) is 2.75. The van der Waals surface area contributed by atoms with Gasteiger partial charge in [-0.2, -0.15) is 5.10 Å². The summed E-state index contributed by atoms with van der Waals surface area (Å²) in [5.41, 5.74) is 3.95. The molecule has 1 fully saturated rings. The molecule has 0 saturated carbocycles. The second-order valence-electron chi connectivity index (χ2n) is 5.28. The second-order valence-corrected chi connectivity index (χ2v) is 5.28. The molecule has 0 aliphatic carbocycles. The van der Waals surface area contributed by atoms with Crippen LogP contribution in [0.2, 0.25) is 0 Å². The van der Waals surface area contributed by atoms with Crippen LogP contribution >= 0.6 is 0 Å². The van der Waals surface area contributed by atoms with Gasteiger partial charge >= 0.3 is 0 Å². The number of carbonyl (C=O) groups is 1. The van der Waals surface area contributed by atoms with Gasteiger partial charge in [-0.05, 0) is 26.3 Å². The third-order valence-corrected chi connectivity index (χ3v) is 3.64. The van der Waals surface area contributed by atoms with Crippen molar-refractivity contribution in [3.63, 3.8) is 0 Å². The van der Waals surface area contributed by atoms with E-state index < -0.39 is 0 Å². The normalized spacial score (nSPS) is 18.6. The molecule has 106 valence electrons. The molecule has 0 aromatic carbocycles. The Hall–Kier alpha value is -1.95. The van der Waals surface area contributed by atoms with E-state index in [2.05, 4.69) is 20.7 Å². The number of nitrogens with one attached hydrogen (secondary N) is 2. The van der Waals surface area contributed by atoms with E-state index in [1.54, 1.807) is 0 Å². The Morgan fingerprint density at radius 2 is 2.45 bits per heavy atom. The molecule has 3 heterocycles. The summed E-state index contributed by atoms with van der Waals surface area (Å²) in [6.45, 7) is 5.00. The van der Waals surface area contributed by atoms with Crippen molar-refractivity contribution in [2.45, 2.75) is 39.3 Å². The summed E-state index contributed by atoms with van der Waals surface area (Å²) in [5.74, 6) is -0.0351. The zero-order chi connectivity index (χ0) is 14.1. The van der Waals surface area contributed by atoms with E-state index in [-0.39, 0.29) is 11.9 Å². The Morgan fingerprint density at radius 1 is 1.60 bits per heavy atom. The Morgan fingerprint density at radius 3 is 3.15 bits per heavy atom. The molecule has 1 amide bonds. The quantitative estimate of drug-likeness (QED) is 0.878. The lowest BCUT2D eigenvalue weighted by molar-refractivity contribution is -0.119.